The quantitative estimate of drug-likeness (QED) is 0.189. The smallest absolute Gasteiger partial charge is 0.124 e. The molecular formula is C43H24N4S2. The van der Waals surface area contributed by atoms with Crippen LogP contribution >= 0.6 is 22.7 Å². The fourth-order valence-electron chi connectivity index (χ4n) is 7.00. The van der Waals surface area contributed by atoms with Gasteiger partial charge in [0, 0.05) is 27.3 Å². The van der Waals surface area contributed by atoms with Crippen molar-refractivity contribution in [1.82, 2.24) is 14.5 Å². The Hall–Kier alpha value is -6.13. The van der Waals surface area contributed by atoms with Crippen LogP contribution in [0.2, 0.25) is 0 Å². The van der Waals surface area contributed by atoms with Crippen LogP contribution < -0.4 is 0 Å². The summed E-state index contributed by atoms with van der Waals surface area (Å²) in [5.41, 5.74) is 10.5. The third-order valence-corrected chi connectivity index (χ3v) is 11.5. The van der Waals surface area contributed by atoms with Crippen LogP contribution in [-0.4, -0.2) is 14.5 Å². The lowest BCUT2D eigenvalue weighted by molar-refractivity contribution is 1.20. The van der Waals surface area contributed by atoms with Crippen LogP contribution in [0.15, 0.2) is 146 Å². The first-order valence-electron chi connectivity index (χ1n) is 16.0. The van der Waals surface area contributed by atoms with E-state index < -0.39 is 0 Å². The summed E-state index contributed by atoms with van der Waals surface area (Å²) < 4.78 is 4.78. The largest absolute Gasteiger partial charge is 0.309 e. The molecule has 10 aromatic rings. The number of nitriles is 1. The summed E-state index contributed by atoms with van der Waals surface area (Å²) in [5, 5.41) is 16.1. The van der Waals surface area contributed by atoms with E-state index in [0.29, 0.717) is 5.56 Å². The fraction of sp³-hybridized carbons (Fsp3) is 0. The molecule has 0 N–H and O–H groups in total. The van der Waals surface area contributed by atoms with Gasteiger partial charge in [-0.2, -0.15) is 5.26 Å². The van der Waals surface area contributed by atoms with Gasteiger partial charge in [-0.05, 0) is 95.4 Å². The molecule has 0 bridgehead atoms. The van der Waals surface area contributed by atoms with Crippen LogP contribution in [0.3, 0.4) is 0 Å². The Labute approximate surface area is 289 Å². The molecule has 6 heteroatoms. The number of aromatic nitrogens is 3. The van der Waals surface area contributed by atoms with Crippen molar-refractivity contribution in [2.24, 2.45) is 0 Å². The predicted octanol–water partition coefficient (Wildman–Crippen LogP) is 12.0. The summed E-state index contributed by atoms with van der Waals surface area (Å²) in [5.74, 6) is 0. The third kappa shape index (κ3) is 4.48. The van der Waals surface area contributed by atoms with E-state index in [1.54, 1.807) is 22.7 Å². The minimum absolute atomic E-state index is 0.658. The summed E-state index contributed by atoms with van der Waals surface area (Å²) in [6.45, 7) is 0. The molecule has 3 heterocycles. The van der Waals surface area contributed by atoms with Crippen LogP contribution in [0.1, 0.15) is 5.56 Å². The topological polar surface area (TPSA) is 54.5 Å². The van der Waals surface area contributed by atoms with Gasteiger partial charge in [0.1, 0.15) is 10.0 Å². The Balaban J connectivity index is 1.23. The van der Waals surface area contributed by atoms with Crippen molar-refractivity contribution < 1.29 is 0 Å². The average molecular weight is 661 g/mol. The molecule has 0 unspecified atom stereocenters. The first-order chi connectivity index (χ1) is 24.2. The van der Waals surface area contributed by atoms with E-state index in [-0.39, 0.29) is 0 Å². The lowest BCUT2D eigenvalue weighted by atomic mass is 9.96. The summed E-state index contributed by atoms with van der Waals surface area (Å²) in [7, 11) is 0. The second kappa shape index (κ2) is 11.0. The molecular weight excluding hydrogens is 637 g/mol. The van der Waals surface area contributed by atoms with Crippen molar-refractivity contribution in [3.05, 3.63) is 151 Å². The predicted molar refractivity (Wildman–Crippen MR) is 206 cm³/mol. The average Bonchev–Trinajstić information content (AvgIpc) is 3.88. The maximum atomic E-state index is 9.36. The Morgan fingerprint density at radius 3 is 1.63 bits per heavy atom. The van der Waals surface area contributed by atoms with Crippen LogP contribution in [0.25, 0.3) is 91.0 Å². The zero-order valence-corrected chi connectivity index (χ0v) is 27.6. The number of benzene rings is 7. The number of nitrogens with zero attached hydrogens (tertiary/aromatic N) is 4. The van der Waals surface area contributed by atoms with Crippen molar-refractivity contribution >= 4 is 75.7 Å². The molecule has 0 saturated carbocycles. The second-order valence-corrected chi connectivity index (χ2v) is 14.2. The molecule has 228 valence electrons. The van der Waals surface area contributed by atoms with Gasteiger partial charge in [-0.15, -0.1) is 22.7 Å². The van der Waals surface area contributed by atoms with Gasteiger partial charge in [0.25, 0.3) is 0 Å². The van der Waals surface area contributed by atoms with Crippen LogP contribution in [0.4, 0.5) is 0 Å². The molecule has 0 aliphatic heterocycles. The van der Waals surface area contributed by atoms with E-state index >= 15 is 0 Å². The lowest BCUT2D eigenvalue weighted by Crippen LogP contribution is -1.96. The molecule has 3 aromatic heterocycles. The number of para-hydroxylation sites is 2. The van der Waals surface area contributed by atoms with Crippen molar-refractivity contribution in [2.75, 3.05) is 0 Å². The molecule has 0 spiro atoms. The fourth-order valence-corrected chi connectivity index (χ4v) is 8.93. The molecule has 0 fully saturated rings. The summed E-state index contributed by atoms with van der Waals surface area (Å²) in [6.07, 6.45) is 0. The zero-order chi connectivity index (χ0) is 32.5. The van der Waals surface area contributed by atoms with E-state index in [1.807, 2.05) is 36.4 Å². The highest BCUT2D eigenvalue weighted by Gasteiger charge is 2.19. The Bertz CT molecular complexity index is 2760. The number of thiazole rings is 2. The first-order valence-corrected chi connectivity index (χ1v) is 17.7. The van der Waals surface area contributed by atoms with Gasteiger partial charge < -0.3 is 4.57 Å². The zero-order valence-electron chi connectivity index (χ0n) is 26.0. The molecule has 0 saturated heterocycles. The van der Waals surface area contributed by atoms with Crippen LogP contribution in [0.5, 0.6) is 0 Å². The van der Waals surface area contributed by atoms with Crippen molar-refractivity contribution in [2.45, 2.75) is 0 Å². The summed E-state index contributed by atoms with van der Waals surface area (Å²) >= 11 is 3.46. The summed E-state index contributed by atoms with van der Waals surface area (Å²) in [4.78, 5) is 10.0. The van der Waals surface area contributed by atoms with Crippen molar-refractivity contribution in [1.29, 1.82) is 5.26 Å². The molecule has 7 aromatic carbocycles. The van der Waals surface area contributed by atoms with Gasteiger partial charge in [-0.25, -0.2) is 9.97 Å². The number of hydrogen-bond donors (Lipinski definition) is 0. The van der Waals surface area contributed by atoms with Crippen molar-refractivity contribution in [3.63, 3.8) is 0 Å². The lowest BCUT2D eigenvalue weighted by Gasteiger charge is -2.14. The van der Waals surface area contributed by atoms with Crippen LogP contribution in [-0.2, 0) is 0 Å². The van der Waals surface area contributed by atoms with Gasteiger partial charge in [-0.3, -0.25) is 0 Å². The molecule has 4 nitrogen and oxygen atoms in total. The van der Waals surface area contributed by atoms with E-state index in [0.717, 1.165) is 70.8 Å². The molecule has 0 aliphatic rings. The molecule has 0 radical (unpaired) electrons. The maximum Gasteiger partial charge on any atom is 0.124 e. The molecule has 0 aliphatic carbocycles. The Morgan fingerprint density at radius 2 is 1.04 bits per heavy atom. The Kier molecular flexibility index (Phi) is 6.25. The first kappa shape index (κ1) is 27.9. The maximum absolute atomic E-state index is 9.36. The van der Waals surface area contributed by atoms with Crippen LogP contribution in [0, 0.1) is 11.3 Å². The number of hydrogen-bond acceptors (Lipinski definition) is 5. The van der Waals surface area contributed by atoms with Gasteiger partial charge in [-0.1, -0.05) is 66.7 Å². The van der Waals surface area contributed by atoms with E-state index in [1.165, 1.54) is 20.2 Å². The van der Waals surface area contributed by atoms with Gasteiger partial charge in [0.2, 0.25) is 0 Å². The SMILES string of the molecule is N#Cc1ccc(-c2cccc3c(-n4c5ccc(-c6nc7ccccc7s6)cc5c5cc(-c6nc7ccccc7s6)ccc54)cccc23)cc1. The highest BCUT2D eigenvalue weighted by atomic mass is 32.1. The normalized spacial score (nSPS) is 11.7. The number of rotatable bonds is 4. The second-order valence-electron chi connectivity index (χ2n) is 12.1. The third-order valence-electron chi connectivity index (χ3n) is 9.31. The van der Waals surface area contributed by atoms with E-state index in [4.69, 9.17) is 9.97 Å². The van der Waals surface area contributed by atoms with E-state index in [2.05, 4.69) is 120 Å². The molecule has 49 heavy (non-hydrogen) atoms. The molecule has 0 amide bonds. The Morgan fingerprint density at radius 1 is 0.490 bits per heavy atom. The molecule has 0 atom stereocenters. The van der Waals surface area contributed by atoms with Gasteiger partial charge >= 0.3 is 0 Å². The van der Waals surface area contributed by atoms with Gasteiger partial charge in [0.05, 0.1) is 48.8 Å². The minimum atomic E-state index is 0.658. The standard InChI is InChI=1S/C43H24N4S2/c44-25-26-15-17-27(18-16-26)30-7-5-9-32-31(30)8-6-12-37(32)47-38-21-19-28(42-45-35-10-1-3-13-40(35)48-42)23-33(38)34-24-29(20-22-39(34)47)43-46-36-11-2-4-14-41(36)49-43/h1-24H. The summed E-state index contributed by atoms with van der Waals surface area (Å²) in [6, 6.07) is 53.3. The minimum Gasteiger partial charge on any atom is -0.309 e. The van der Waals surface area contributed by atoms with Crippen molar-refractivity contribution in [3.8, 4) is 44.0 Å². The highest BCUT2D eigenvalue weighted by Crippen LogP contribution is 2.41. The molecule has 10 rings (SSSR count). The highest BCUT2D eigenvalue weighted by molar-refractivity contribution is 7.22. The number of fused-ring (bicyclic) bond motifs is 6. The van der Waals surface area contributed by atoms with Gasteiger partial charge in [0.15, 0.2) is 0 Å². The monoisotopic (exact) mass is 660 g/mol. The van der Waals surface area contributed by atoms with E-state index in [9.17, 15) is 5.26 Å².